The van der Waals surface area contributed by atoms with Crippen LogP contribution in [0.1, 0.15) is 55.6 Å². The molecule has 6 heteroatoms. The fourth-order valence-corrected chi connectivity index (χ4v) is 2.94. The van der Waals surface area contributed by atoms with Crippen molar-refractivity contribution < 1.29 is 4.79 Å². The zero-order chi connectivity index (χ0) is 16.1. The van der Waals surface area contributed by atoms with E-state index in [0.717, 1.165) is 37.8 Å². The predicted molar refractivity (Wildman–Crippen MR) is 87.8 cm³/mol. The van der Waals surface area contributed by atoms with Crippen LogP contribution in [-0.4, -0.2) is 35.0 Å². The Morgan fingerprint density at radius 1 is 1.32 bits per heavy atom. The van der Waals surface area contributed by atoms with Gasteiger partial charge in [-0.15, -0.1) is 0 Å². The average Bonchev–Trinajstić information content (AvgIpc) is 2.47. The van der Waals surface area contributed by atoms with E-state index in [2.05, 4.69) is 34.4 Å². The molecular formula is C16H27N5O. The van der Waals surface area contributed by atoms with Gasteiger partial charge in [0.15, 0.2) is 0 Å². The highest BCUT2D eigenvalue weighted by atomic mass is 16.1. The lowest BCUT2D eigenvalue weighted by atomic mass is 9.91. The first-order valence-electron chi connectivity index (χ1n) is 8.09. The van der Waals surface area contributed by atoms with Crippen molar-refractivity contribution in [2.75, 3.05) is 12.4 Å². The second-order valence-electron chi connectivity index (χ2n) is 6.50. The SMILES string of the molecule is CNC1CCC(Nc2ncc(C(N)=O)c(CC(C)C)n2)CC1. The largest absolute Gasteiger partial charge is 0.365 e. The first-order valence-corrected chi connectivity index (χ1v) is 8.09. The van der Waals surface area contributed by atoms with Gasteiger partial charge in [0.1, 0.15) is 0 Å². The molecule has 0 aliphatic heterocycles. The van der Waals surface area contributed by atoms with E-state index in [1.54, 1.807) is 6.20 Å². The van der Waals surface area contributed by atoms with Crippen LogP contribution in [0.25, 0.3) is 0 Å². The highest BCUT2D eigenvalue weighted by molar-refractivity contribution is 5.93. The second kappa shape index (κ2) is 7.54. The van der Waals surface area contributed by atoms with Gasteiger partial charge in [0, 0.05) is 18.3 Å². The Kier molecular flexibility index (Phi) is 5.71. The number of primary amides is 1. The van der Waals surface area contributed by atoms with E-state index < -0.39 is 5.91 Å². The minimum absolute atomic E-state index is 0.399. The van der Waals surface area contributed by atoms with E-state index in [1.165, 1.54) is 0 Å². The molecule has 2 rings (SSSR count). The number of nitrogens with zero attached hydrogens (tertiary/aromatic N) is 2. The smallest absolute Gasteiger partial charge is 0.252 e. The van der Waals surface area contributed by atoms with Gasteiger partial charge < -0.3 is 16.4 Å². The summed E-state index contributed by atoms with van der Waals surface area (Å²) >= 11 is 0. The van der Waals surface area contributed by atoms with Crippen LogP contribution in [0.4, 0.5) is 5.95 Å². The maximum Gasteiger partial charge on any atom is 0.252 e. The van der Waals surface area contributed by atoms with Crippen LogP contribution >= 0.6 is 0 Å². The second-order valence-corrected chi connectivity index (χ2v) is 6.50. The quantitative estimate of drug-likeness (QED) is 0.744. The lowest BCUT2D eigenvalue weighted by molar-refractivity contribution is 0.0998. The fourth-order valence-electron chi connectivity index (χ4n) is 2.94. The lowest BCUT2D eigenvalue weighted by Crippen LogP contribution is -2.35. The summed E-state index contributed by atoms with van der Waals surface area (Å²) in [6, 6.07) is 1.02. The van der Waals surface area contributed by atoms with Crippen molar-refractivity contribution in [1.82, 2.24) is 15.3 Å². The maximum absolute atomic E-state index is 11.5. The number of anilines is 1. The summed E-state index contributed by atoms with van der Waals surface area (Å²) in [5.41, 5.74) is 6.58. The highest BCUT2D eigenvalue weighted by Crippen LogP contribution is 2.21. The van der Waals surface area contributed by atoms with E-state index >= 15 is 0 Å². The molecule has 0 atom stereocenters. The molecule has 1 heterocycles. The molecular weight excluding hydrogens is 278 g/mol. The molecule has 0 spiro atoms. The number of carbonyl (C=O) groups is 1. The van der Waals surface area contributed by atoms with E-state index in [1.807, 2.05) is 7.05 Å². The first-order chi connectivity index (χ1) is 10.5. The van der Waals surface area contributed by atoms with Gasteiger partial charge in [0.05, 0.1) is 11.3 Å². The monoisotopic (exact) mass is 305 g/mol. The van der Waals surface area contributed by atoms with Gasteiger partial charge in [0.2, 0.25) is 5.95 Å². The lowest BCUT2D eigenvalue weighted by Gasteiger charge is -2.28. The molecule has 1 saturated carbocycles. The topological polar surface area (TPSA) is 92.9 Å². The summed E-state index contributed by atoms with van der Waals surface area (Å²) < 4.78 is 0. The van der Waals surface area contributed by atoms with Gasteiger partial charge in [-0.25, -0.2) is 9.97 Å². The molecule has 4 N–H and O–H groups in total. The Hall–Kier alpha value is -1.69. The molecule has 0 bridgehead atoms. The Bertz CT molecular complexity index is 509. The third-order valence-electron chi connectivity index (χ3n) is 4.20. The maximum atomic E-state index is 11.5. The van der Waals surface area contributed by atoms with Crippen LogP contribution in [0.5, 0.6) is 0 Å². The van der Waals surface area contributed by atoms with Crippen molar-refractivity contribution >= 4 is 11.9 Å². The summed E-state index contributed by atoms with van der Waals surface area (Å²) in [6.45, 7) is 4.19. The van der Waals surface area contributed by atoms with Crippen LogP contribution < -0.4 is 16.4 Å². The summed E-state index contributed by atoms with van der Waals surface area (Å²) in [7, 11) is 2.02. The van der Waals surface area contributed by atoms with Crippen LogP contribution in [0.2, 0.25) is 0 Å². The van der Waals surface area contributed by atoms with Crippen molar-refractivity contribution in [3.63, 3.8) is 0 Å². The van der Waals surface area contributed by atoms with Crippen LogP contribution in [0.3, 0.4) is 0 Å². The summed E-state index contributed by atoms with van der Waals surface area (Å²) in [6.07, 6.45) is 6.80. The molecule has 1 aromatic heterocycles. The average molecular weight is 305 g/mol. The van der Waals surface area contributed by atoms with Crippen molar-refractivity contribution in [2.45, 2.75) is 58.0 Å². The molecule has 1 aromatic rings. The van der Waals surface area contributed by atoms with Gasteiger partial charge in [0.25, 0.3) is 5.91 Å². The van der Waals surface area contributed by atoms with Crippen LogP contribution in [-0.2, 0) is 6.42 Å². The molecule has 122 valence electrons. The molecule has 1 aliphatic rings. The molecule has 0 aromatic carbocycles. The van der Waals surface area contributed by atoms with Crippen molar-refractivity contribution in [3.8, 4) is 0 Å². The first kappa shape index (κ1) is 16.7. The number of nitrogens with two attached hydrogens (primary N) is 1. The zero-order valence-electron chi connectivity index (χ0n) is 13.7. The normalized spacial score (nSPS) is 21.8. The summed E-state index contributed by atoms with van der Waals surface area (Å²) in [4.78, 5) is 20.3. The van der Waals surface area contributed by atoms with E-state index in [0.29, 0.717) is 29.5 Å². The molecule has 0 radical (unpaired) electrons. The Morgan fingerprint density at radius 2 is 1.95 bits per heavy atom. The van der Waals surface area contributed by atoms with Crippen molar-refractivity contribution in [1.29, 1.82) is 0 Å². The number of amides is 1. The third-order valence-corrected chi connectivity index (χ3v) is 4.20. The Balaban J connectivity index is 2.07. The minimum atomic E-state index is -0.461. The number of hydrogen-bond acceptors (Lipinski definition) is 5. The summed E-state index contributed by atoms with van der Waals surface area (Å²) in [5, 5.41) is 6.73. The van der Waals surface area contributed by atoms with E-state index in [4.69, 9.17) is 5.73 Å². The standard InChI is InChI=1S/C16H27N5O/c1-10(2)8-14-13(15(17)22)9-19-16(21-14)20-12-6-4-11(18-3)5-7-12/h9-12,18H,4-8H2,1-3H3,(H2,17,22)(H,19,20,21). The van der Waals surface area contributed by atoms with Gasteiger partial charge >= 0.3 is 0 Å². The van der Waals surface area contributed by atoms with Gasteiger partial charge in [-0.2, -0.15) is 0 Å². The number of nitrogens with one attached hydrogen (secondary N) is 2. The van der Waals surface area contributed by atoms with E-state index in [9.17, 15) is 4.79 Å². The van der Waals surface area contributed by atoms with Crippen LogP contribution in [0, 0.1) is 5.92 Å². The Morgan fingerprint density at radius 3 is 2.50 bits per heavy atom. The predicted octanol–water partition coefficient (Wildman–Crippen LogP) is 1.72. The molecule has 0 unspecified atom stereocenters. The Labute approximate surface area is 132 Å². The molecule has 1 aliphatic carbocycles. The number of rotatable bonds is 6. The number of carbonyl (C=O) groups excluding carboxylic acids is 1. The molecule has 0 saturated heterocycles. The third kappa shape index (κ3) is 4.40. The molecule has 1 amide bonds. The van der Waals surface area contributed by atoms with Gasteiger partial charge in [-0.05, 0) is 45.1 Å². The molecule has 6 nitrogen and oxygen atoms in total. The van der Waals surface area contributed by atoms with Crippen molar-refractivity contribution in [2.24, 2.45) is 11.7 Å². The van der Waals surface area contributed by atoms with E-state index in [-0.39, 0.29) is 0 Å². The zero-order valence-corrected chi connectivity index (χ0v) is 13.7. The highest BCUT2D eigenvalue weighted by Gasteiger charge is 2.21. The minimum Gasteiger partial charge on any atom is -0.365 e. The van der Waals surface area contributed by atoms with Crippen LogP contribution in [0.15, 0.2) is 6.20 Å². The molecule has 1 fully saturated rings. The summed E-state index contributed by atoms with van der Waals surface area (Å²) in [5.74, 6) is 0.553. The van der Waals surface area contributed by atoms with Gasteiger partial charge in [-0.1, -0.05) is 13.8 Å². The molecule has 22 heavy (non-hydrogen) atoms. The van der Waals surface area contributed by atoms with Gasteiger partial charge in [-0.3, -0.25) is 4.79 Å². The number of aromatic nitrogens is 2. The van der Waals surface area contributed by atoms with Crippen molar-refractivity contribution in [3.05, 3.63) is 17.5 Å². The fraction of sp³-hybridized carbons (Fsp3) is 0.688. The number of hydrogen-bond donors (Lipinski definition) is 3.